The number of amides is 1. The van der Waals surface area contributed by atoms with Crippen molar-refractivity contribution in [1.82, 2.24) is 9.47 Å². The SMILES string of the molecule is COc1ccc(C(C)(C)C)cc1/C(O)=C1\C(=O)C(=O)N(C2CCCC2)C1c1cn(C)c2ccccc12. The van der Waals surface area contributed by atoms with Gasteiger partial charge in [0.2, 0.25) is 0 Å². The first-order chi connectivity index (χ1) is 17.1. The average molecular weight is 487 g/mol. The van der Waals surface area contributed by atoms with E-state index in [1.807, 2.05) is 60.3 Å². The summed E-state index contributed by atoms with van der Waals surface area (Å²) in [6.07, 6.45) is 5.75. The van der Waals surface area contributed by atoms with Crippen molar-refractivity contribution >= 4 is 28.4 Å². The first kappa shape index (κ1) is 24.2. The van der Waals surface area contributed by atoms with Gasteiger partial charge < -0.3 is 19.3 Å². The third kappa shape index (κ3) is 3.80. The fourth-order valence-corrected chi connectivity index (χ4v) is 5.81. The highest BCUT2D eigenvalue weighted by molar-refractivity contribution is 6.47. The zero-order valence-electron chi connectivity index (χ0n) is 21.7. The summed E-state index contributed by atoms with van der Waals surface area (Å²) >= 11 is 0. The molecule has 5 rings (SSSR count). The van der Waals surface area contributed by atoms with Crippen LogP contribution in [-0.2, 0) is 22.1 Å². The summed E-state index contributed by atoms with van der Waals surface area (Å²) in [5.74, 6) is -0.896. The molecule has 1 atom stereocenters. The predicted octanol–water partition coefficient (Wildman–Crippen LogP) is 5.85. The van der Waals surface area contributed by atoms with Crippen molar-refractivity contribution < 1.29 is 19.4 Å². The number of methoxy groups -OCH3 is 1. The molecule has 1 aliphatic carbocycles. The second kappa shape index (κ2) is 8.84. The monoisotopic (exact) mass is 486 g/mol. The van der Waals surface area contributed by atoms with Crippen LogP contribution >= 0.6 is 0 Å². The van der Waals surface area contributed by atoms with Crippen molar-refractivity contribution in [1.29, 1.82) is 0 Å². The Morgan fingerprint density at radius 3 is 2.42 bits per heavy atom. The summed E-state index contributed by atoms with van der Waals surface area (Å²) in [7, 11) is 3.51. The third-order valence-corrected chi connectivity index (χ3v) is 7.74. The van der Waals surface area contributed by atoms with E-state index in [0.29, 0.717) is 11.3 Å². The summed E-state index contributed by atoms with van der Waals surface area (Å²) in [5, 5.41) is 12.7. The summed E-state index contributed by atoms with van der Waals surface area (Å²) in [5.41, 5.74) is 3.25. The second-order valence-electron chi connectivity index (χ2n) is 11.0. The molecule has 2 aromatic carbocycles. The van der Waals surface area contributed by atoms with E-state index in [1.54, 1.807) is 12.0 Å². The first-order valence-corrected chi connectivity index (χ1v) is 12.7. The predicted molar refractivity (Wildman–Crippen MR) is 141 cm³/mol. The molecule has 1 saturated heterocycles. The highest BCUT2D eigenvalue weighted by Crippen LogP contribution is 2.46. The van der Waals surface area contributed by atoms with Crippen LogP contribution in [0.5, 0.6) is 5.75 Å². The summed E-state index contributed by atoms with van der Waals surface area (Å²) in [6, 6.07) is 12.9. The Morgan fingerprint density at radius 1 is 1.06 bits per heavy atom. The molecule has 0 bridgehead atoms. The molecular formula is C30H34N2O4. The summed E-state index contributed by atoms with van der Waals surface area (Å²) in [6.45, 7) is 6.27. The van der Waals surface area contributed by atoms with Crippen molar-refractivity contribution in [2.75, 3.05) is 7.11 Å². The second-order valence-corrected chi connectivity index (χ2v) is 11.0. The molecule has 6 nitrogen and oxygen atoms in total. The van der Waals surface area contributed by atoms with E-state index in [9.17, 15) is 14.7 Å². The zero-order chi connectivity index (χ0) is 25.8. The van der Waals surface area contributed by atoms with Crippen LogP contribution in [-0.4, -0.2) is 39.4 Å². The third-order valence-electron chi connectivity index (χ3n) is 7.74. The highest BCUT2D eigenvalue weighted by atomic mass is 16.5. The minimum Gasteiger partial charge on any atom is -0.507 e. The number of rotatable bonds is 4. The van der Waals surface area contributed by atoms with Gasteiger partial charge in [0.25, 0.3) is 11.7 Å². The zero-order valence-corrected chi connectivity index (χ0v) is 21.7. The first-order valence-electron chi connectivity index (χ1n) is 12.7. The molecule has 2 fully saturated rings. The van der Waals surface area contributed by atoms with Crippen LogP contribution in [0.3, 0.4) is 0 Å². The lowest BCUT2D eigenvalue weighted by Gasteiger charge is -2.30. The number of likely N-dealkylation sites (tertiary alicyclic amines) is 1. The molecule has 1 aliphatic heterocycles. The smallest absolute Gasteiger partial charge is 0.295 e. The van der Waals surface area contributed by atoms with Gasteiger partial charge >= 0.3 is 0 Å². The molecule has 0 spiro atoms. The number of hydrogen-bond acceptors (Lipinski definition) is 4. The number of benzene rings is 2. The topological polar surface area (TPSA) is 71.8 Å². The Labute approximate surface area is 212 Å². The van der Waals surface area contributed by atoms with Crippen LogP contribution < -0.4 is 4.74 Å². The molecule has 1 saturated carbocycles. The molecular weight excluding hydrogens is 452 g/mol. The van der Waals surface area contributed by atoms with Gasteiger partial charge in [-0.1, -0.05) is 57.9 Å². The van der Waals surface area contributed by atoms with Crippen LogP contribution in [0.4, 0.5) is 0 Å². The number of ether oxygens (including phenoxy) is 1. The normalized spacial score (nSPS) is 20.6. The summed E-state index contributed by atoms with van der Waals surface area (Å²) < 4.78 is 7.60. The van der Waals surface area contributed by atoms with E-state index in [-0.39, 0.29) is 22.8 Å². The quantitative estimate of drug-likeness (QED) is 0.285. The number of para-hydroxylation sites is 1. The number of carbonyl (C=O) groups is 2. The molecule has 1 aromatic heterocycles. The van der Waals surface area contributed by atoms with Gasteiger partial charge in [0.05, 0.1) is 24.3 Å². The highest BCUT2D eigenvalue weighted by Gasteiger charge is 2.50. The van der Waals surface area contributed by atoms with Crippen molar-refractivity contribution in [2.24, 2.45) is 7.05 Å². The van der Waals surface area contributed by atoms with Gasteiger partial charge in [0, 0.05) is 35.8 Å². The maximum Gasteiger partial charge on any atom is 0.295 e. The van der Waals surface area contributed by atoms with Gasteiger partial charge in [-0.05, 0) is 42.0 Å². The fraction of sp³-hybridized carbons (Fsp3) is 0.400. The lowest BCUT2D eigenvalue weighted by Crippen LogP contribution is -2.37. The lowest BCUT2D eigenvalue weighted by atomic mass is 9.85. The molecule has 36 heavy (non-hydrogen) atoms. The number of aromatic nitrogens is 1. The van der Waals surface area contributed by atoms with Crippen molar-refractivity contribution in [2.45, 2.75) is 64.0 Å². The number of nitrogens with zero attached hydrogens (tertiary/aromatic N) is 2. The molecule has 0 radical (unpaired) electrons. The molecule has 1 amide bonds. The van der Waals surface area contributed by atoms with Crippen LogP contribution in [0.25, 0.3) is 16.7 Å². The van der Waals surface area contributed by atoms with Crippen LogP contribution in [0.1, 0.15) is 69.2 Å². The molecule has 188 valence electrons. The van der Waals surface area contributed by atoms with Gasteiger partial charge in [-0.2, -0.15) is 0 Å². The van der Waals surface area contributed by atoms with Crippen molar-refractivity contribution in [3.8, 4) is 5.75 Å². The van der Waals surface area contributed by atoms with E-state index >= 15 is 0 Å². The average Bonchev–Trinajstić information content (AvgIpc) is 3.56. The van der Waals surface area contributed by atoms with Gasteiger partial charge in [0.15, 0.2) is 0 Å². The molecule has 3 aromatic rings. The van der Waals surface area contributed by atoms with Crippen molar-refractivity contribution in [3.05, 3.63) is 70.9 Å². The van der Waals surface area contributed by atoms with E-state index in [0.717, 1.165) is 47.7 Å². The van der Waals surface area contributed by atoms with E-state index in [2.05, 4.69) is 20.8 Å². The largest absolute Gasteiger partial charge is 0.507 e. The molecule has 6 heteroatoms. The summed E-state index contributed by atoms with van der Waals surface area (Å²) in [4.78, 5) is 28.9. The Kier molecular flexibility index (Phi) is 5.93. The van der Waals surface area contributed by atoms with Gasteiger partial charge in [-0.15, -0.1) is 0 Å². The number of carbonyl (C=O) groups excluding carboxylic acids is 2. The maximum atomic E-state index is 13.6. The standard InChI is InChI=1S/C30H34N2O4/c1-30(2,3)18-14-15-24(36-5)21(16-18)27(33)25-26(22-17-31(4)23-13-9-8-12-20(22)23)32(29(35)28(25)34)19-10-6-7-11-19/h8-9,12-17,19,26,33H,6-7,10-11H2,1-5H3/b27-25+. The fourth-order valence-electron chi connectivity index (χ4n) is 5.81. The number of ketones is 1. The van der Waals surface area contributed by atoms with E-state index in [4.69, 9.17) is 4.74 Å². The number of aryl methyl sites for hydroxylation is 1. The molecule has 2 aliphatic rings. The Hall–Kier alpha value is -3.54. The Bertz CT molecular complexity index is 1390. The Balaban J connectivity index is 1.78. The van der Waals surface area contributed by atoms with Gasteiger partial charge in [-0.3, -0.25) is 9.59 Å². The van der Waals surface area contributed by atoms with Gasteiger partial charge in [-0.25, -0.2) is 0 Å². The van der Waals surface area contributed by atoms with Crippen molar-refractivity contribution in [3.63, 3.8) is 0 Å². The number of aliphatic hydroxyl groups is 1. The van der Waals surface area contributed by atoms with E-state index < -0.39 is 17.7 Å². The van der Waals surface area contributed by atoms with Crippen LogP contribution in [0, 0.1) is 0 Å². The number of fused-ring (bicyclic) bond motifs is 1. The number of Topliss-reactive ketones (excluding diaryl/α,β-unsaturated/α-hetero) is 1. The maximum absolute atomic E-state index is 13.6. The molecule has 2 heterocycles. The van der Waals surface area contributed by atoms with Crippen LogP contribution in [0.15, 0.2) is 54.2 Å². The Morgan fingerprint density at radius 2 is 1.75 bits per heavy atom. The number of hydrogen-bond donors (Lipinski definition) is 1. The van der Waals surface area contributed by atoms with Crippen LogP contribution in [0.2, 0.25) is 0 Å². The van der Waals surface area contributed by atoms with Gasteiger partial charge in [0.1, 0.15) is 11.5 Å². The number of aliphatic hydroxyl groups excluding tert-OH is 1. The molecule has 1 unspecified atom stereocenters. The molecule has 1 N–H and O–H groups in total. The van der Waals surface area contributed by atoms with E-state index in [1.165, 1.54) is 0 Å². The minimum atomic E-state index is -0.665. The minimum absolute atomic E-state index is 0.0291. The lowest BCUT2D eigenvalue weighted by molar-refractivity contribution is -0.141.